The highest BCUT2D eigenvalue weighted by Gasteiger charge is 2.26. The second-order valence-electron chi connectivity index (χ2n) is 16.4. The van der Waals surface area contributed by atoms with E-state index in [1.54, 1.807) is 0 Å². The molecule has 5 heteroatoms. The first-order chi connectivity index (χ1) is 25.1. The highest BCUT2D eigenvalue weighted by atomic mass is 16.5. The van der Waals surface area contributed by atoms with E-state index in [2.05, 4.69) is 33.0 Å². The minimum Gasteiger partial charge on any atom is -0.465 e. The van der Waals surface area contributed by atoms with Gasteiger partial charge in [-0.25, -0.2) is 0 Å². The largest absolute Gasteiger partial charge is 0.465 e. The summed E-state index contributed by atoms with van der Waals surface area (Å²) < 4.78 is 11.7. The topological polar surface area (TPSA) is 64.6 Å². The number of esters is 2. The van der Waals surface area contributed by atoms with Gasteiger partial charge in [0.1, 0.15) is 0 Å². The lowest BCUT2D eigenvalue weighted by Gasteiger charge is -2.19. The summed E-state index contributed by atoms with van der Waals surface area (Å²) in [6, 6.07) is 0. The van der Waals surface area contributed by atoms with E-state index in [1.165, 1.54) is 141 Å². The van der Waals surface area contributed by atoms with Crippen molar-refractivity contribution < 1.29 is 19.1 Å². The third-order valence-corrected chi connectivity index (χ3v) is 11.7. The van der Waals surface area contributed by atoms with E-state index in [-0.39, 0.29) is 23.8 Å². The lowest BCUT2D eigenvalue weighted by molar-refractivity contribution is -0.150. The number of ether oxygens (including phenoxy) is 2. The van der Waals surface area contributed by atoms with Gasteiger partial charge in [-0.05, 0) is 82.7 Å². The number of unbranched alkanes of at least 4 members (excludes halogenated alkanes) is 20. The second-order valence-corrected chi connectivity index (χ2v) is 16.4. The van der Waals surface area contributed by atoms with Crippen molar-refractivity contribution in [2.45, 2.75) is 233 Å². The molecule has 0 aromatic carbocycles. The SMILES string of the molecule is CCCCCCCCC(CCCCCC)C(=O)OCCCCCCC1CNCC1CCCCOC(=O)C(CCCCCC)CCCCCCCC. The minimum absolute atomic E-state index is 0.0742. The van der Waals surface area contributed by atoms with E-state index < -0.39 is 0 Å². The zero-order valence-corrected chi connectivity index (χ0v) is 34.9. The molecule has 1 N–H and O–H groups in total. The molecule has 0 saturated carbocycles. The van der Waals surface area contributed by atoms with E-state index in [0.717, 1.165) is 89.1 Å². The Morgan fingerprint density at radius 2 is 0.725 bits per heavy atom. The molecule has 4 atom stereocenters. The number of hydrogen-bond acceptors (Lipinski definition) is 5. The van der Waals surface area contributed by atoms with Crippen LogP contribution in [0.2, 0.25) is 0 Å². The predicted octanol–water partition coefficient (Wildman–Crippen LogP) is 13.7. The molecule has 5 nitrogen and oxygen atoms in total. The van der Waals surface area contributed by atoms with E-state index in [9.17, 15) is 9.59 Å². The minimum atomic E-state index is 0.0742. The third-order valence-electron chi connectivity index (χ3n) is 11.7. The van der Waals surface area contributed by atoms with Crippen LogP contribution in [0.25, 0.3) is 0 Å². The maximum absolute atomic E-state index is 13.0. The van der Waals surface area contributed by atoms with Crippen LogP contribution in [0.1, 0.15) is 233 Å². The zero-order chi connectivity index (χ0) is 37.0. The van der Waals surface area contributed by atoms with Gasteiger partial charge < -0.3 is 14.8 Å². The Bertz CT molecular complexity index is 772. The first kappa shape index (κ1) is 47.9. The standard InChI is InChI=1S/C46H89NO4/c1-5-9-13-17-19-25-33-41(31-23-15-11-7-3)45(48)50-37-29-22-21-27-35-43-39-47-40-44(43)36-28-30-38-51-46(49)42(32-24-16-12-8-4)34-26-20-18-14-10-6-2/h41-44,47H,5-40H2,1-4H3. The Hall–Kier alpha value is -1.10. The maximum Gasteiger partial charge on any atom is 0.308 e. The van der Waals surface area contributed by atoms with Crippen molar-refractivity contribution >= 4 is 11.9 Å². The molecule has 1 saturated heterocycles. The molecular weight excluding hydrogens is 631 g/mol. The summed E-state index contributed by atoms with van der Waals surface area (Å²) in [5, 5.41) is 3.65. The van der Waals surface area contributed by atoms with Crippen LogP contribution < -0.4 is 5.32 Å². The Labute approximate surface area is 318 Å². The Morgan fingerprint density at radius 3 is 1.14 bits per heavy atom. The molecule has 302 valence electrons. The average molecular weight is 720 g/mol. The predicted molar refractivity (Wildman–Crippen MR) is 219 cm³/mol. The maximum atomic E-state index is 13.0. The van der Waals surface area contributed by atoms with Gasteiger partial charge in [-0.3, -0.25) is 9.59 Å². The lowest BCUT2D eigenvalue weighted by atomic mass is 9.87. The summed E-state index contributed by atoms with van der Waals surface area (Å²) in [6.45, 7) is 12.5. The summed E-state index contributed by atoms with van der Waals surface area (Å²) in [7, 11) is 0. The van der Waals surface area contributed by atoms with E-state index in [4.69, 9.17) is 9.47 Å². The molecule has 1 heterocycles. The lowest BCUT2D eigenvalue weighted by Crippen LogP contribution is -2.19. The molecule has 0 radical (unpaired) electrons. The molecular formula is C46H89NO4. The van der Waals surface area contributed by atoms with Crippen LogP contribution in [0.5, 0.6) is 0 Å². The summed E-state index contributed by atoms with van der Waals surface area (Å²) >= 11 is 0. The van der Waals surface area contributed by atoms with Crippen molar-refractivity contribution in [3.05, 3.63) is 0 Å². The molecule has 1 rings (SSSR count). The van der Waals surface area contributed by atoms with Crippen molar-refractivity contribution in [1.82, 2.24) is 5.32 Å². The van der Waals surface area contributed by atoms with E-state index >= 15 is 0 Å². The number of rotatable bonds is 38. The molecule has 0 amide bonds. The summed E-state index contributed by atoms with van der Waals surface area (Å²) in [5.41, 5.74) is 0. The Balaban J connectivity index is 2.23. The highest BCUT2D eigenvalue weighted by molar-refractivity contribution is 5.72. The third kappa shape index (κ3) is 27.2. The van der Waals surface area contributed by atoms with Crippen molar-refractivity contribution in [2.75, 3.05) is 26.3 Å². The molecule has 0 aromatic rings. The van der Waals surface area contributed by atoms with Crippen molar-refractivity contribution in [3.8, 4) is 0 Å². The fraction of sp³-hybridized carbons (Fsp3) is 0.957. The van der Waals surface area contributed by atoms with Gasteiger partial charge in [0.05, 0.1) is 25.0 Å². The number of hydrogen-bond donors (Lipinski definition) is 1. The molecule has 0 aliphatic carbocycles. The normalized spacial score (nSPS) is 17.1. The summed E-state index contributed by atoms with van der Waals surface area (Å²) in [4.78, 5) is 25.9. The fourth-order valence-corrected chi connectivity index (χ4v) is 8.15. The highest BCUT2D eigenvalue weighted by Crippen LogP contribution is 2.28. The van der Waals surface area contributed by atoms with Gasteiger partial charge in [-0.2, -0.15) is 0 Å². The number of nitrogens with one attached hydrogen (secondary N) is 1. The van der Waals surface area contributed by atoms with Gasteiger partial charge >= 0.3 is 11.9 Å². The molecule has 1 aliphatic heterocycles. The van der Waals surface area contributed by atoms with E-state index in [1.807, 2.05) is 0 Å². The molecule has 0 aromatic heterocycles. The van der Waals surface area contributed by atoms with Crippen molar-refractivity contribution in [3.63, 3.8) is 0 Å². The molecule has 1 aliphatic rings. The summed E-state index contributed by atoms with van der Waals surface area (Å²) in [5.74, 6) is 1.89. The first-order valence-electron chi connectivity index (χ1n) is 23.1. The van der Waals surface area contributed by atoms with Gasteiger partial charge in [-0.15, -0.1) is 0 Å². The zero-order valence-electron chi connectivity index (χ0n) is 34.9. The smallest absolute Gasteiger partial charge is 0.308 e. The van der Waals surface area contributed by atoms with Gasteiger partial charge in [0.25, 0.3) is 0 Å². The average Bonchev–Trinajstić information content (AvgIpc) is 3.59. The van der Waals surface area contributed by atoms with Crippen LogP contribution in [0, 0.1) is 23.7 Å². The van der Waals surface area contributed by atoms with Crippen LogP contribution in [0.15, 0.2) is 0 Å². The molecule has 0 spiro atoms. The summed E-state index contributed by atoms with van der Waals surface area (Å²) in [6.07, 6.45) is 38.5. The molecule has 4 unspecified atom stereocenters. The van der Waals surface area contributed by atoms with Gasteiger partial charge in [-0.1, -0.05) is 175 Å². The molecule has 0 bridgehead atoms. The van der Waals surface area contributed by atoms with Crippen LogP contribution >= 0.6 is 0 Å². The first-order valence-corrected chi connectivity index (χ1v) is 23.1. The van der Waals surface area contributed by atoms with Crippen LogP contribution in [-0.4, -0.2) is 38.2 Å². The van der Waals surface area contributed by atoms with Crippen LogP contribution in [0.3, 0.4) is 0 Å². The fourth-order valence-electron chi connectivity index (χ4n) is 8.15. The number of carbonyl (C=O) groups is 2. The second kappa shape index (κ2) is 35.9. The van der Waals surface area contributed by atoms with Crippen molar-refractivity contribution in [1.29, 1.82) is 0 Å². The van der Waals surface area contributed by atoms with Gasteiger partial charge in [0.15, 0.2) is 0 Å². The number of carbonyl (C=O) groups excluding carboxylic acids is 2. The van der Waals surface area contributed by atoms with Gasteiger partial charge in [0, 0.05) is 0 Å². The van der Waals surface area contributed by atoms with E-state index in [0.29, 0.717) is 13.2 Å². The van der Waals surface area contributed by atoms with Crippen molar-refractivity contribution in [2.24, 2.45) is 23.7 Å². The monoisotopic (exact) mass is 720 g/mol. The molecule has 1 fully saturated rings. The van der Waals surface area contributed by atoms with Gasteiger partial charge in [0.2, 0.25) is 0 Å². The quantitative estimate of drug-likeness (QED) is 0.0508. The van der Waals surface area contributed by atoms with Crippen LogP contribution in [-0.2, 0) is 19.1 Å². The Morgan fingerprint density at radius 1 is 0.431 bits per heavy atom. The van der Waals surface area contributed by atoms with Crippen LogP contribution in [0.4, 0.5) is 0 Å². The molecule has 51 heavy (non-hydrogen) atoms. The Kier molecular flexibility index (Phi) is 33.7.